The van der Waals surface area contributed by atoms with Crippen molar-refractivity contribution < 1.29 is 14.3 Å². The first-order chi connectivity index (χ1) is 17.0. The van der Waals surface area contributed by atoms with Gasteiger partial charge in [-0.15, -0.1) is 11.3 Å². The van der Waals surface area contributed by atoms with Crippen LogP contribution in [0.25, 0.3) is 22.9 Å². The summed E-state index contributed by atoms with van der Waals surface area (Å²) in [6.07, 6.45) is 1.80. The van der Waals surface area contributed by atoms with E-state index in [1.165, 1.54) is 22.5 Å². The van der Waals surface area contributed by atoms with Gasteiger partial charge in [0, 0.05) is 16.5 Å². The number of carbonyl (C=O) groups excluding carboxylic acids is 1. The molecule has 1 heterocycles. The molecule has 0 amide bonds. The Hall–Kier alpha value is -4.21. The van der Waals surface area contributed by atoms with Crippen LogP contribution in [0.4, 0.5) is 0 Å². The van der Waals surface area contributed by atoms with Crippen LogP contribution in [0.3, 0.4) is 0 Å². The Morgan fingerprint density at radius 2 is 1.71 bits per heavy atom. The van der Waals surface area contributed by atoms with Gasteiger partial charge in [-0.25, -0.2) is 4.98 Å². The Bertz CT molecular complexity index is 1410. The lowest BCUT2D eigenvalue weighted by atomic mass is 10.1. The van der Waals surface area contributed by atoms with Gasteiger partial charge in [-0.2, -0.15) is 5.26 Å². The fourth-order valence-electron chi connectivity index (χ4n) is 3.41. The molecule has 6 heteroatoms. The average Bonchev–Trinajstić information content (AvgIpc) is 3.38. The third-order valence-corrected chi connectivity index (χ3v) is 6.51. The zero-order chi connectivity index (χ0) is 24.8. The molecule has 4 rings (SSSR count). The number of aryl methyl sites for hydroxylation is 2. The largest absolute Gasteiger partial charge is 0.497 e. The highest BCUT2D eigenvalue weighted by molar-refractivity contribution is 7.11. The molecule has 0 saturated carbocycles. The summed E-state index contributed by atoms with van der Waals surface area (Å²) in [6, 6.07) is 22.7. The number of carbonyl (C=O) groups is 1. The van der Waals surface area contributed by atoms with E-state index >= 15 is 0 Å². The smallest absolute Gasteiger partial charge is 0.200 e. The van der Waals surface area contributed by atoms with Crippen molar-refractivity contribution in [2.24, 2.45) is 0 Å². The minimum Gasteiger partial charge on any atom is -0.497 e. The second-order valence-electron chi connectivity index (χ2n) is 8.02. The van der Waals surface area contributed by atoms with Gasteiger partial charge in [0.15, 0.2) is 12.4 Å². The number of benzene rings is 3. The van der Waals surface area contributed by atoms with Gasteiger partial charge in [-0.3, -0.25) is 4.79 Å². The van der Waals surface area contributed by atoms with Gasteiger partial charge in [0.2, 0.25) is 0 Å². The summed E-state index contributed by atoms with van der Waals surface area (Å²) in [7, 11) is 1.58. The number of ketones is 1. The molecule has 5 nitrogen and oxygen atoms in total. The number of ether oxygens (including phenoxy) is 2. The summed E-state index contributed by atoms with van der Waals surface area (Å²) in [6.45, 7) is 4.09. The van der Waals surface area contributed by atoms with E-state index in [9.17, 15) is 10.1 Å². The highest BCUT2D eigenvalue weighted by Crippen LogP contribution is 2.28. The first-order valence-electron chi connectivity index (χ1n) is 11.0. The molecule has 0 atom stereocenters. The number of rotatable bonds is 8. The van der Waals surface area contributed by atoms with Crippen LogP contribution < -0.4 is 9.47 Å². The maximum Gasteiger partial charge on any atom is 0.200 e. The normalized spacial score (nSPS) is 11.1. The van der Waals surface area contributed by atoms with E-state index in [4.69, 9.17) is 9.47 Å². The molecule has 0 fully saturated rings. The molecule has 0 N–H and O–H groups in total. The number of hydrogen-bond donors (Lipinski definition) is 0. The van der Waals surface area contributed by atoms with E-state index in [-0.39, 0.29) is 12.4 Å². The number of Topliss-reactive ketones (excluding diaryl/α,β-unsaturated/α-hetero) is 1. The summed E-state index contributed by atoms with van der Waals surface area (Å²) < 4.78 is 10.8. The highest BCUT2D eigenvalue weighted by Gasteiger charge is 2.11. The Balaban J connectivity index is 1.42. The molecule has 0 aliphatic rings. The zero-order valence-corrected chi connectivity index (χ0v) is 20.6. The Labute approximate surface area is 208 Å². The minimum absolute atomic E-state index is 0.0641. The van der Waals surface area contributed by atoms with Gasteiger partial charge < -0.3 is 9.47 Å². The number of hydrogen-bond acceptors (Lipinski definition) is 6. The van der Waals surface area contributed by atoms with Crippen LogP contribution in [-0.4, -0.2) is 24.5 Å². The second-order valence-corrected chi connectivity index (χ2v) is 8.87. The van der Waals surface area contributed by atoms with Crippen LogP contribution in [-0.2, 0) is 0 Å². The third-order valence-electron chi connectivity index (χ3n) is 5.63. The number of aromatic nitrogens is 1. The molecule has 0 unspecified atom stereocenters. The van der Waals surface area contributed by atoms with E-state index < -0.39 is 0 Å². The van der Waals surface area contributed by atoms with Crippen molar-refractivity contribution in [3.8, 4) is 28.8 Å². The molecular weight excluding hydrogens is 456 g/mol. The van der Waals surface area contributed by atoms with Crippen molar-refractivity contribution in [3.05, 3.63) is 99.4 Å². The Kier molecular flexibility index (Phi) is 7.39. The van der Waals surface area contributed by atoms with Crippen molar-refractivity contribution in [1.82, 2.24) is 4.98 Å². The SMILES string of the molecule is COc1ccc(C(=O)COc2ccc(/C=C(/C#N)c3nc(-c4ccc(C)c(C)c4)cs3)cc2)cc1. The number of nitriles is 1. The first kappa shape index (κ1) is 23.9. The molecule has 0 aliphatic carbocycles. The molecule has 0 spiro atoms. The molecule has 0 saturated heterocycles. The number of thiazole rings is 1. The fourth-order valence-corrected chi connectivity index (χ4v) is 4.20. The monoisotopic (exact) mass is 480 g/mol. The Morgan fingerprint density at radius 3 is 2.37 bits per heavy atom. The Morgan fingerprint density at radius 1 is 1.00 bits per heavy atom. The predicted octanol–water partition coefficient (Wildman–Crippen LogP) is 6.76. The van der Waals surface area contributed by atoms with Crippen LogP contribution in [0.15, 0.2) is 72.1 Å². The van der Waals surface area contributed by atoms with Crippen molar-refractivity contribution in [1.29, 1.82) is 5.26 Å². The van der Waals surface area contributed by atoms with Gasteiger partial charge in [-0.1, -0.05) is 24.3 Å². The van der Waals surface area contributed by atoms with Crippen LogP contribution in [0.2, 0.25) is 0 Å². The summed E-state index contributed by atoms with van der Waals surface area (Å²) in [5.41, 5.74) is 6.25. The molecule has 35 heavy (non-hydrogen) atoms. The van der Waals surface area contributed by atoms with Crippen molar-refractivity contribution in [3.63, 3.8) is 0 Å². The summed E-state index contributed by atoms with van der Waals surface area (Å²) >= 11 is 1.45. The van der Waals surface area contributed by atoms with E-state index in [2.05, 4.69) is 43.1 Å². The molecule has 3 aromatic carbocycles. The van der Waals surface area contributed by atoms with E-state index in [1.807, 2.05) is 17.5 Å². The molecule has 1 aromatic heterocycles. The molecule has 0 aliphatic heterocycles. The highest BCUT2D eigenvalue weighted by atomic mass is 32.1. The molecule has 4 aromatic rings. The molecular formula is C29H24N2O3S. The van der Waals surface area contributed by atoms with Crippen LogP contribution in [0.5, 0.6) is 11.5 Å². The standard InChI is InChI=1S/C29H24N2O3S/c1-19-4-7-23(14-20(19)2)27-18-35-29(31-27)24(16-30)15-21-5-10-26(11-6-21)34-17-28(32)22-8-12-25(33-3)13-9-22/h4-15,18H,17H2,1-3H3/b24-15-. The van der Waals surface area contributed by atoms with Gasteiger partial charge in [0.05, 0.1) is 18.4 Å². The molecule has 0 bridgehead atoms. The maximum atomic E-state index is 12.3. The number of nitrogens with zero attached hydrogens (tertiary/aromatic N) is 2. The predicted molar refractivity (Wildman–Crippen MR) is 140 cm³/mol. The van der Waals surface area contributed by atoms with Crippen molar-refractivity contribution >= 4 is 28.8 Å². The third kappa shape index (κ3) is 5.84. The molecule has 0 radical (unpaired) electrons. The van der Waals surface area contributed by atoms with Gasteiger partial charge >= 0.3 is 0 Å². The summed E-state index contributed by atoms with van der Waals surface area (Å²) in [4.78, 5) is 17.0. The van der Waals surface area contributed by atoms with Crippen molar-refractivity contribution in [2.45, 2.75) is 13.8 Å². The first-order valence-corrected chi connectivity index (χ1v) is 11.9. The summed E-state index contributed by atoms with van der Waals surface area (Å²) in [5, 5.41) is 12.4. The summed E-state index contributed by atoms with van der Waals surface area (Å²) in [5.74, 6) is 1.16. The number of allylic oxidation sites excluding steroid dienone is 1. The van der Waals surface area contributed by atoms with Crippen LogP contribution >= 0.6 is 11.3 Å². The minimum atomic E-state index is -0.119. The lowest BCUT2D eigenvalue weighted by Gasteiger charge is -2.07. The quantitative estimate of drug-likeness (QED) is 0.206. The van der Waals surface area contributed by atoms with Gasteiger partial charge in [0.1, 0.15) is 22.6 Å². The van der Waals surface area contributed by atoms with E-state index in [0.29, 0.717) is 27.6 Å². The van der Waals surface area contributed by atoms with Crippen LogP contribution in [0, 0.1) is 25.2 Å². The van der Waals surface area contributed by atoms with Gasteiger partial charge in [-0.05, 0) is 79.1 Å². The van der Waals surface area contributed by atoms with Gasteiger partial charge in [0.25, 0.3) is 0 Å². The fraction of sp³-hybridized carbons (Fsp3) is 0.138. The maximum absolute atomic E-state index is 12.3. The number of methoxy groups -OCH3 is 1. The zero-order valence-electron chi connectivity index (χ0n) is 19.7. The molecule has 174 valence electrons. The van der Waals surface area contributed by atoms with E-state index in [0.717, 1.165) is 16.8 Å². The van der Waals surface area contributed by atoms with Crippen molar-refractivity contribution in [2.75, 3.05) is 13.7 Å². The average molecular weight is 481 g/mol. The topological polar surface area (TPSA) is 72.2 Å². The van der Waals surface area contributed by atoms with Crippen LogP contribution in [0.1, 0.15) is 32.1 Å². The lowest BCUT2D eigenvalue weighted by Crippen LogP contribution is -2.11. The second kappa shape index (κ2) is 10.8. The van der Waals surface area contributed by atoms with E-state index in [1.54, 1.807) is 49.6 Å². The lowest BCUT2D eigenvalue weighted by molar-refractivity contribution is 0.0921.